The normalized spacial score (nSPS) is 16.3. The molecule has 0 bridgehead atoms. The summed E-state index contributed by atoms with van der Waals surface area (Å²) in [7, 11) is 1.86. The van der Waals surface area contributed by atoms with Gasteiger partial charge in [-0.05, 0) is 55.4 Å². The maximum atomic E-state index is 12.5. The summed E-state index contributed by atoms with van der Waals surface area (Å²) >= 11 is 5.94. The number of ether oxygens (including phenoxy) is 1. The average Bonchev–Trinajstić information content (AvgIpc) is 3.09. The molecule has 2 aromatic rings. The molecule has 0 saturated carbocycles. The number of hydrogen-bond donors (Lipinski definition) is 1. The molecule has 4 nitrogen and oxygen atoms in total. The van der Waals surface area contributed by atoms with E-state index in [4.69, 9.17) is 16.3 Å². The van der Waals surface area contributed by atoms with Crippen LogP contribution < -0.4 is 10.1 Å². The maximum absolute atomic E-state index is 12.5. The predicted molar refractivity (Wildman–Crippen MR) is 98.6 cm³/mol. The fraction of sp³-hybridized carbons (Fsp3) is 0.278. The Morgan fingerprint density at radius 3 is 2.58 bits per heavy atom. The van der Waals surface area contributed by atoms with Gasteiger partial charge in [0, 0.05) is 30.2 Å². The Balaban J connectivity index is 0.00000208. The first kappa shape index (κ1) is 18.6. The van der Waals surface area contributed by atoms with Gasteiger partial charge >= 0.3 is 0 Å². The molecule has 0 spiro atoms. The van der Waals surface area contributed by atoms with Gasteiger partial charge in [-0.25, -0.2) is 0 Å². The Kier molecular flexibility index (Phi) is 6.49. The molecule has 2 aromatic carbocycles. The zero-order chi connectivity index (χ0) is 16.2. The van der Waals surface area contributed by atoms with Gasteiger partial charge in [-0.3, -0.25) is 4.79 Å². The standard InChI is InChI=1S/C18H19ClN2O2.ClH/c1-21(15-9-10-20-12-15)18(22)13-5-7-16(8-6-13)23-17-4-2-3-14(19)11-17;/h2-8,11,15,20H,9-10,12H2,1H3;1H. The monoisotopic (exact) mass is 366 g/mol. The highest BCUT2D eigenvalue weighted by Gasteiger charge is 2.23. The lowest BCUT2D eigenvalue weighted by atomic mass is 10.1. The molecule has 0 radical (unpaired) electrons. The van der Waals surface area contributed by atoms with Crippen molar-refractivity contribution in [2.75, 3.05) is 20.1 Å². The van der Waals surface area contributed by atoms with Crippen molar-refractivity contribution in [2.45, 2.75) is 12.5 Å². The van der Waals surface area contributed by atoms with E-state index in [2.05, 4.69) is 5.32 Å². The number of nitrogens with zero attached hydrogens (tertiary/aromatic N) is 1. The molecule has 1 atom stereocenters. The summed E-state index contributed by atoms with van der Waals surface area (Å²) in [5.74, 6) is 1.38. The molecule has 1 aliphatic rings. The van der Waals surface area contributed by atoms with Crippen molar-refractivity contribution in [3.8, 4) is 11.5 Å². The van der Waals surface area contributed by atoms with E-state index in [1.807, 2.05) is 24.1 Å². The third-order valence-electron chi connectivity index (χ3n) is 4.04. The topological polar surface area (TPSA) is 41.6 Å². The third kappa shape index (κ3) is 4.41. The molecular weight excluding hydrogens is 347 g/mol. The van der Waals surface area contributed by atoms with Crippen molar-refractivity contribution in [1.82, 2.24) is 10.2 Å². The first-order chi connectivity index (χ1) is 11.1. The van der Waals surface area contributed by atoms with Gasteiger partial charge in [0.1, 0.15) is 11.5 Å². The van der Waals surface area contributed by atoms with Gasteiger partial charge in [-0.1, -0.05) is 17.7 Å². The summed E-state index contributed by atoms with van der Waals surface area (Å²) in [4.78, 5) is 14.3. The number of carbonyl (C=O) groups is 1. The lowest BCUT2D eigenvalue weighted by Crippen LogP contribution is -2.38. The molecule has 24 heavy (non-hydrogen) atoms. The number of benzene rings is 2. The summed E-state index contributed by atoms with van der Waals surface area (Å²) in [5, 5.41) is 3.90. The Morgan fingerprint density at radius 1 is 1.21 bits per heavy atom. The summed E-state index contributed by atoms with van der Waals surface area (Å²) in [5.41, 5.74) is 0.665. The molecule has 1 unspecified atom stereocenters. The van der Waals surface area contributed by atoms with E-state index in [0.29, 0.717) is 22.1 Å². The van der Waals surface area contributed by atoms with Crippen LogP contribution in [0.2, 0.25) is 5.02 Å². The molecule has 128 valence electrons. The molecule has 1 N–H and O–H groups in total. The van der Waals surface area contributed by atoms with Gasteiger partial charge in [-0.15, -0.1) is 12.4 Å². The number of likely N-dealkylation sites (N-methyl/N-ethyl adjacent to an activating group) is 1. The van der Waals surface area contributed by atoms with E-state index in [1.165, 1.54) is 0 Å². The van der Waals surface area contributed by atoms with Crippen molar-refractivity contribution in [3.05, 3.63) is 59.1 Å². The van der Waals surface area contributed by atoms with Gasteiger partial charge in [0.15, 0.2) is 0 Å². The van der Waals surface area contributed by atoms with E-state index < -0.39 is 0 Å². The smallest absolute Gasteiger partial charge is 0.253 e. The Morgan fingerprint density at radius 2 is 1.96 bits per heavy atom. The van der Waals surface area contributed by atoms with E-state index in [1.54, 1.807) is 36.4 Å². The highest BCUT2D eigenvalue weighted by atomic mass is 35.5. The van der Waals surface area contributed by atoms with Crippen LogP contribution in [0.15, 0.2) is 48.5 Å². The van der Waals surface area contributed by atoms with Crippen LogP contribution in [0, 0.1) is 0 Å². The molecule has 0 aromatic heterocycles. The predicted octanol–water partition coefficient (Wildman–Crippen LogP) is 3.99. The lowest BCUT2D eigenvalue weighted by Gasteiger charge is -2.23. The van der Waals surface area contributed by atoms with Crippen molar-refractivity contribution in [3.63, 3.8) is 0 Å². The van der Waals surface area contributed by atoms with Crippen LogP contribution >= 0.6 is 24.0 Å². The van der Waals surface area contributed by atoms with E-state index in [0.717, 1.165) is 19.5 Å². The minimum absolute atomic E-state index is 0. The zero-order valence-electron chi connectivity index (χ0n) is 13.4. The van der Waals surface area contributed by atoms with Crippen LogP contribution in [0.25, 0.3) is 0 Å². The van der Waals surface area contributed by atoms with Gasteiger partial charge in [0.2, 0.25) is 0 Å². The number of hydrogen-bond acceptors (Lipinski definition) is 3. The van der Waals surface area contributed by atoms with Gasteiger partial charge in [-0.2, -0.15) is 0 Å². The Hall–Kier alpha value is -1.75. The minimum Gasteiger partial charge on any atom is -0.457 e. The highest BCUT2D eigenvalue weighted by Crippen LogP contribution is 2.24. The first-order valence-electron chi connectivity index (χ1n) is 7.65. The van der Waals surface area contributed by atoms with E-state index in [9.17, 15) is 4.79 Å². The summed E-state index contributed by atoms with van der Waals surface area (Å²) < 4.78 is 5.73. The fourth-order valence-corrected chi connectivity index (χ4v) is 2.85. The van der Waals surface area contributed by atoms with Crippen LogP contribution in [-0.4, -0.2) is 37.0 Å². The Labute approximate surface area is 153 Å². The average molecular weight is 367 g/mol. The second-order valence-electron chi connectivity index (χ2n) is 5.65. The van der Waals surface area contributed by atoms with Crippen molar-refractivity contribution >= 4 is 29.9 Å². The van der Waals surface area contributed by atoms with Gasteiger partial charge in [0.25, 0.3) is 5.91 Å². The molecule has 1 amide bonds. The van der Waals surface area contributed by atoms with Crippen LogP contribution in [0.5, 0.6) is 11.5 Å². The number of carbonyl (C=O) groups excluding carboxylic acids is 1. The van der Waals surface area contributed by atoms with Crippen LogP contribution in [-0.2, 0) is 0 Å². The first-order valence-corrected chi connectivity index (χ1v) is 8.02. The lowest BCUT2D eigenvalue weighted by molar-refractivity contribution is 0.0744. The van der Waals surface area contributed by atoms with E-state index in [-0.39, 0.29) is 24.4 Å². The second kappa shape index (κ2) is 8.38. The third-order valence-corrected chi connectivity index (χ3v) is 4.27. The van der Waals surface area contributed by atoms with Gasteiger partial charge < -0.3 is 15.0 Å². The highest BCUT2D eigenvalue weighted by molar-refractivity contribution is 6.30. The molecule has 0 aliphatic carbocycles. The zero-order valence-corrected chi connectivity index (χ0v) is 14.9. The number of nitrogens with one attached hydrogen (secondary N) is 1. The molecule has 1 aliphatic heterocycles. The number of halogens is 2. The summed E-state index contributed by atoms with van der Waals surface area (Å²) in [6.45, 7) is 1.83. The molecule has 1 saturated heterocycles. The maximum Gasteiger partial charge on any atom is 0.253 e. The van der Waals surface area contributed by atoms with Crippen molar-refractivity contribution in [2.24, 2.45) is 0 Å². The fourth-order valence-electron chi connectivity index (χ4n) is 2.67. The van der Waals surface area contributed by atoms with E-state index >= 15 is 0 Å². The van der Waals surface area contributed by atoms with Crippen molar-refractivity contribution in [1.29, 1.82) is 0 Å². The largest absolute Gasteiger partial charge is 0.457 e. The van der Waals surface area contributed by atoms with Crippen LogP contribution in [0.3, 0.4) is 0 Å². The molecule has 1 heterocycles. The molecule has 1 fully saturated rings. The second-order valence-corrected chi connectivity index (χ2v) is 6.08. The quantitative estimate of drug-likeness (QED) is 0.889. The minimum atomic E-state index is 0. The van der Waals surface area contributed by atoms with Crippen LogP contribution in [0.1, 0.15) is 16.8 Å². The number of rotatable bonds is 4. The molecule has 6 heteroatoms. The van der Waals surface area contributed by atoms with Gasteiger partial charge in [0.05, 0.1) is 0 Å². The molecule has 3 rings (SSSR count). The SMILES string of the molecule is CN(C(=O)c1ccc(Oc2cccc(Cl)c2)cc1)C1CCNC1.Cl. The summed E-state index contributed by atoms with van der Waals surface area (Å²) in [6, 6.07) is 14.7. The van der Waals surface area contributed by atoms with Crippen molar-refractivity contribution < 1.29 is 9.53 Å². The Bertz CT molecular complexity index is 686. The van der Waals surface area contributed by atoms with Crippen LogP contribution in [0.4, 0.5) is 0 Å². The molecular formula is C18H20Cl2N2O2. The summed E-state index contributed by atoms with van der Waals surface area (Å²) in [6.07, 6.45) is 0.998. The number of amides is 1.